The first-order valence-corrected chi connectivity index (χ1v) is 8.25. The molecule has 1 N–H and O–H groups in total. The molecule has 0 bridgehead atoms. The molecule has 0 saturated heterocycles. The number of para-hydroxylation sites is 1. The second kappa shape index (κ2) is 7.70. The number of rotatable bonds is 6. The molecule has 0 aliphatic rings. The lowest BCUT2D eigenvalue weighted by Gasteiger charge is -2.13. The Morgan fingerprint density at radius 1 is 1.16 bits per heavy atom. The van der Waals surface area contributed by atoms with Crippen molar-refractivity contribution in [2.45, 2.75) is 32.6 Å². The van der Waals surface area contributed by atoms with Crippen LogP contribution in [0.1, 0.15) is 37.6 Å². The van der Waals surface area contributed by atoms with Gasteiger partial charge in [-0.05, 0) is 29.7 Å². The molecule has 2 aromatic heterocycles. The molecule has 0 spiro atoms. The highest BCUT2D eigenvalue weighted by atomic mass is 16.5. The fraction of sp³-hybridized carbons (Fsp3) is 0.263. The quantitative estimate of drug-likeness (QED) is 0.740. The summed E-state index contributed by atoms with van der Waals surface area (Å²) < 4.78 is 5.22. The van der Waals surface area contributed by atoms with Crippen LogP contribution in [-0.2, 0) is 11.2 Å². The Labute approximate surface area is 146 Å². The summed E-state index contributed by atoms with van der Waals surface area (Å²) in [6, 6.07) is 11.5. The van der Waals surface area contributed by atoms with E-state index in [9.17, 15) is 4.79 Å². The van der Waals surface area contributed by atoms with Gasteiger partial charge in [-0.25, -0.2) is 0 Å². The topological polar surface area (TPSA) is 80.9 Å². The molecule has 1 amide bonds. The van der Waals surface area contributed by atoms with E-state index in [1.807, 2.05) is 36.4 Å². The lowest BCUT2D eigenvalue weighted by Crippen LogP contribution is -2.14. The molecule has 0 aliphatic carbocycles. The third-order valence-corrected chi connectivity index (χ3v) is 3.83. The summed E-state index contributed by atoms with van der Waals surface area (Å²) in [7, 11) is 0. The first-order chi connectivity index (χ1) is 12.1. The van der Waals surface area contributed by atoms with Crippen LogP contribution < -0.4 is 5.32 Å². The molecule has 0 aliphatic heterocycles. The first kappa shape index (κ1) is 16.8. The van der Waals surface area contributed by atoms with Crippen molar-refractivity contribution in [2.75, 3.05) is 5.32 Å². The lowest BCUT2D eigenvalue weighted by atomic mass is 10.0. The summed E-state index contributed by atoms with van der Waals surface area (Å²) in [6.07, 6.45) is 4.02. The average Bonchev–Trinajstić information content (AvgIpc) is 3.10. The molecule has 6 nitrogen and oxygen atoms in total. The predicted octanol–water partition coefficient (Wildman–Crippen LogP) is 3.83. The van der Waals surface area contributed by atoms with E-state index in [0.717, 1.165) is 16.8 Å². The van der Waals surface area contributed by atoms with Crippen LogP contribution >= 0.6 is 0 Å². The molecule has 2 heterocycles. The number of nitrogens with one attached hydrogen (secondary N) is 1. The van der Waals surface area contributed by atoms with E-state index in [1.54, 1.807) is 12.4 Å². The van der Waals surface area contributed by atoms with E-state index in [1.165, 1.54) is 0 Å². The van der Waals surface area contributed by atoms with Crippen molar-refractivity contribution < 1.29 is 9.32 Å². The maximum Gasteiger partial charge on any atom is 0.227 e. The monoisotopic (exact) mass is 336 g/mol. The van der Waals surface area contributed by atoms with Crippen molar-refractivity contribution in [3.8, 4) is 11.4 Å². The number of hydrogen-bond acceptors (Lipinski definition) is 5. The SMILES string of the molecule is CC(C)c1ccccc1NC(=O)CCc1nc(-c2ccncc2)no1. The van der Waals surface area contributed by atoms with Gasteiger partial charge >= 0.3 is 0 Å². The van der Waals surface area contributed by atoms with Crippen molar-refractivity contribution in [3.05, 3.63) is 60.2 Å². The number of pyridine rings is 1. The number of nitrogens with zero attached hydrogens (tertiary/aromatic N) is 3. The molecule has 0 atom stereocenters. The van der Waals surface area contributed by atoms with Crippen LogP contribution in [0.15, 0.2) is 53.3 Å². The van der Waals surface area contributed by atoms with E-state index < -0.39 is 0 Å². The number of aryl methyl sites for hydroxylation is 1. The molecule has 0 radical (unpaired) electrons. The molecule has 0 saturated carbocycles. The average molecular weight is 336 g/mol. The largest absolute Gasteiger partial charge is 0.339 e. The van der Waals surface area contributed by atoms with Gasteiger partial charge in [-0.15, -0.1) is 0 Å². The van der Waals surface area contributed by atoms with E-state index >= 15 is 0 Å². The fourth-order valence-electron chi connectivity index (χ4n) is 2.52. The van der Waals surface area contributed by atoms with Gasteiger partial charge in [0, 0.05) is 36.5 Å². The van der Waals surface area contributed by atoms with Crippen LogP contribution in [0.2, 0.25) is 0 Å². The number of aromatic nitrogens is 3. The van der Waals surface area contributed by atoms with Gasteiger partial charge in [0.25, 0.3) is 0 Å². The number of benzene rings is 1. The van der Waals surface area contributed by atoms with Gasteiger partial charge < -0.3 is 9.84 Å². The zero-order chi connectivity index (χ0) is 17.6. The number of carbonyl (C=O) groups is 1. The molecule has 3 rings (SSSR count). The minimum atomic E-state index is -0.0724. The summed E-state index contributed by atoms with van der Waals surface area (Å²) in [5.41, 5.74) is 2.81. The van der Waals surface area contributed by atoms with E-state index in [4.69, 9.17) is 4.52 Å². The van der Waals surface area contributed by atoms with Gasteiger partial charge in [0.05, 0.1) is 0 Å². The zero-order valence-electron chi connectivity index (χ0n) is 14.3. The molecule has 25 heavy (non-hydrogen) atoms. The Hall–Kier alpha value is -3.02. The fourth-order valence-corrected chi connectivity index (χ4v) is 2.52. The number of anilines is 1. The molecule has 6 heteroatoms. The summed E-state index contributed by atoms with van der Waals surface area (Å²) in [5, 5.41) is 6.90. The second-order valence-corrected chi connectivity index (χ2v) is 6.04. The van der Waals surface area contributed by atoms with Crippen LogP contribution in [0.4, 0.5) is 5.69 Å². The van der Waals surface area contributed by atoms with Crippen molar-refractivity contribution in [1.82, 2.24) is 15.1 Å². The maximum absolute atomic E-state index is 12.2. The summed E-state index contributed by atoms with van der Waals surface area (Å²) in [6.45, 7) is 4.20. The predicted molar refractivity (Wildman–Crippen MR) is 95.0 cm³/mol. The molecular formula is C19H20N4O2. The smallest absolute Gasteiger partial charge is 0.227 e. The van der Waals surface area contributed by atoms with Crippen molar-refractivity contribution >= 4 is 11.6 Å². The minimum Gasteiger partial charge on any atom is -0.339 e. The van der Waals surface area contributed by atoms with Gasteiger partial charge in [-0.3, -0.25) is 9.78 Å². The molecule has 1 aromatic carbocycles. The van der Waals surface area contributed by atoms with Crippen molar-refractivity contribution in [3.63, 3.8) is 0 Å². The van der Waals surface area contributed by atoms with E-state index in [-0.39, 0.29) is 12.3 Å². The number of carbonyl (C=O) groups excluding carboxylic acids is 1. The van der Waals surface area contributed by atoms with Gasteiger partial charge in [0.15, 0.2) is 0 Å². The third-order valence-electron chi connectivity index (χ3n) is 3.83. The van der Waals surface area contributed by atoms with Gasteiger partial charge in [-0.2, -0.15) is 4.98 Å². The van der Waals surface area contributed by atoms with Gasteiger partial charge in [0.1, 0.15) is 0 Å². The first-order valence-electron chi connectivity index (χ1n) is 8.25. The number of amides is 1. The van der Waals surface area contributed by atoms with Gasteiger partial charge in [0.2, 0.25) is 17.6 Å². The summed E-state index contributed by atoms with van der Waals surface area (Å²) in [5.74, 6) is 1.22. The Morgan fingerprint density at radius 3 is 2.68 bits per heavy atom. The Kier molecular flexibility index (Phi) is 5.18. The second-order valence-electron chi connectivity index (χ2n) is 6.04. The highest BCUT2D eigenvalue weighted by Gasteiger charge is 2.12. The standard InChI is InChI=1S/C19H20N4O2/c1-13(2)15-5-3-4-6-16(15)21-17(24)7-8-18-22-19(23-25-18)14-9-11-20-12-10-14/h3-6,9-13H,7-8H2,1-2H3,(H,21,24). The molecule has 3 aromatic rings. The molecule has 0 unspecified atom stereocenters. The van der Waals surface area contributed by atoms with E-state index in [0.29, 0.717) is 24.1 Å². The molecular weight excluding hydrogens is 316 g/mol. The molecule has 128 valence electrons. The van der Waals surface area contributed by atoms with E-state index in [2.05, 4.69) is 34.3 Å². The van der Waals surface area contributed by atoms with Gasteiger partial charge in [-0.1, -0.05) is 37.2 Å². The minimum absolute atomic E-state index is 0.0724. The van der Waals surface area contributed by atoms with Crippen LogP contribution in [0.3, 0.4) is 0 Å². The summed E-state index contributed by atoms with van der Waals surface area (Å²) in [4.78, 5) is 20.5. The Morgan fingerprint density at radius 2 is 1.92 bits per heavy atom. The van der Waals surface area contributed by atoms with Crippen molar-refractivity contribution in [1.29, 1.82) is 0 Å². The van der Waals surface area contributed by atoms with Crippen LogP contribution in [0.5, 0.6) is 0 Å². The lowest BCUT2D eigenvalue weighted by molar-refractivity contribution is -0.116. The van der Waals surface area contributed by atoms with Crippen LogP contribution in [0.25, 0.3) is 11.4 Å². The Bertz CT molecular complexity index is 843. The highest BCUT2D eigenvalue weighted by Crippen LogP contribution is 2.24. The summed E-state index contributed by atoms with van der Waals surface area (Å²) >= 11 is 0. The Balaban J connectivity index is 1.59. The third kappa shape index (κ3) is 4.29. The van der Waals surface area contributed by atoms with Crippen LogP contribution in [-0.4, -0.2) is 21.0 Å². The van der Waals surface area contributed by atoms with Crippen LogP contribution in [0, 0.1) is 0 Å². The normalized spacial score (nSPS) is 10.8. The van der Waals surface area contributed by atoms with Crippen molar-refractivity contribution in [2.24, 2.45) is 0 Å². The zero-order valence-corrected chi connectivity index (χ0v) is 14.3. The highest BCUT2D eigenvalue weighted by molar-refractivity contribution is 5.91. The maximum atomic E-state index is 12.2. The molecule has 0 fully saturated rings. The number of hydrogen-bond donors (Lipinski definition) is 1.